The fourth-order valence-corrected chi connectivity index (χ4v) is 3.57. The van der Waals surface area contributed by atoms with Crippen LogP contribution in [0.15, 0.2) is 29.2 Å². The number of nitrogens with one attached hydrogen (secondary N) is 2. The number of sulfonamides is 1. The molecule has 0 aliphatic heterocycles. The number of methoxy groups -OCH3 is 1. The fourth-order valence-electron chi connectivity index (χ4n) is 2.18. The lowest BCUT2D eigenvalue weighted by molar-refractivity contribution is 0.185. The zero-order valence-electron chi connectivity index (χ0n) is 12.3. The Balaban J connectivity index is 2.14. The van der Waals surface area contributed by atoms with E-state index in [1.165, 1.54) is 0 Å². The molecule has 0 aliphatic carbocycles. The van der Waals surface area contributed by atoms with E-state index in [0.29, 0.717) is 18.0 Å². The number of H-pyrrole nitrogens is 1. The highest BCUT2D eigenvalue weighted by atomic mass is 32.2. The standard InChI is InChI=1S/C14H19N3O3S/c1-10-14(11(2)17-16-10)21(18,19)15-8-12-5-4-6-13(7-12)9-20-3/h4-7,15H,8-9H2,1-3H3,(H,16,17). The molecule has 2 rings (SSSR count). The number of aromatic nitrogens is 2. The Hall–Kier alpha value is -1.70. The van der Waals surface area contributed by atoms with E-state index in [4.69, 9.17) is 4.74 Å². The summed E-state index contributed by atoms with van der Waals surface area (Å²) in [6, 6.07) is 7.61. The van der Waals surface area contributed by atoms with Gasteiger partial charge in [-0.25, -0.2) is 13.1 Å². The molecule has 2 N–H and O–H groups in total. The number of hydrogen-bond acceptors (Lipinski definition) is 4. The van der Waals surface area contributed by atoms with Crippen molar-refractivity contribution in [1.29, 1.82) is 0 Å². The second-order valence-corrected chi connectivity index (χ2v) is 6.54. The van der Waals surface area contributed by atoms with Gasteiger partial charge in [-0.2, -0.15) is 5.10 Å². The number of nitrogens with zero attached hydrogens (tertiary/aromatic N) is 1. The molecule has 2 aromatic rings. The van der Waals surface area contributed by atoms with Gasteiger partial charge in [-0.1, -0.05) is 24.3 Å². The third-order valence-electron chi connectivity index (χ3n) is 3.10. The Kier molecular flexibility index (Phi) is 4.76. The summed E-state index contributed by atoms with van der Waals surface area (Å²) in [4.78, 5) is 0.218. The molecule has 6 nitrogen and oxygen atoms in total. The topological polar surface area (TPSA) is 84.1 Å². The van der Waals surface area contributed by atoms with E-state index >= 15 is 0 Å². The lowest BCUT2D eigenvalue weighted by atomic mass is 10.1. The van der Waals surface area contributed by atoms with Gasteiger partial charge in [0.2, 0.25) is 10.0 Å². The van der Waals surface area contributed by atoms with Crippen molar-refractivity contribution in [3.8, 4) is 0 Å². The second-order valence-electron chi connectivity index (χ2n) is 4.84. The van der Waals surface area contributed by atoms with Crippen LogP contribution in [0.5, 0.6) is 0 Å². The third kappa shape index (κ3) is 3.69. The van der Waals surface area contributed by atoms with Crippen molar-refractivity contribution in [1.82, 2.24) is 14.9 Å². The summed E-state index contributed by atoms with van der Waals surface area (Å²) in [5.41, 5.74) is 2.89. The molecule has 1 aromatic carbocycles. The van der Waals surface area contributed by atoms with Crippen molar-refractivity contribution >= 4 is 10.0 Å². The predicted molar refractivity (Wildman–Crippen MR) is 79.2 cm³/mol. The molecule has 0 atom stereocenters. The van der Waals surface area contributed by atoms with Crippen LogP contribution in [0.3, 0.4) is 0 Å². The maximum absolute atomic E-state index is 12.3. The third-order valence-corrected chi connectivity index (χ3v) is 4.76. The zero-order valence-corrected chi connectivity index (χ0v) is 13.1. The number of hydrogen-bond donors (Lipinski definition) is 2. The average Bonchev–Trinajstić information content (AvgIpc) is 2.78. The van der Waals surface area contributed by atoms with Crippen molar-refractivity contribution in [3.05, 3.63) is 46.8 Å². The molecular weight excluding hydrogens is 290 g/mol. The summed E-state index contributed by atoms with van der Waals surface area (Å²) in [7, 11) is -1.95. The van der Waals surface area contributed by atoms with Crippen LogP contribution in [-0.2, 0) is 27.9 Å². The zero-order chi connectivity index (χ0) is 15.5. The largest absolute Gasteiger partial charge is 0.380 e. The SMILES string of the molecule is COCc1cccc(CNS(=O)(=O)c2c(C)n[nH]c2C)c1. The Bertz CT molecular complexity index is 703. The van der Waals surface area contributed by atoms with Gasteiger partial charge in [0.25, 0.3) is 0 Å². The normalized spacial score (nSPS) is 11.8. The van der Waals surface area contributed by atoms with E-state index in [1.807, 2.05) is 24.3 Å². The van der Waals surface area contributed by atoms with Gasteiger partial charge in [-0.05, 0) is 25.0 Å². The smallest absolute Gasteiger partial charge is 0.244 e. The monoisotopic (exact) mass is 309 g/mol. The van der Waals surface area contributed by atoms with E-state index in [0.717, 1.165) is 11.1 Å². The van der Waals surface area contributed by atoms with E-state index < -0.39 is 10.0 Å². The van der Waals surface area contributed by atoms with E-state index in [2.05, 4.69) is 14.9 Å². The molecular formula is C14H19N3O3S. The lowest BCUT2D eigenvalue weighted by Crippen LogP contribution is -2.24. The van der Waals surface area contributed by atoms with Gasteiger partial charge < -0.3 is 4.74 Å². The summed E-state index contributed by atoms with van der Waals surface area (Å²) in [5.74, 6) is 0. The van der Waals surface area contributed by atoms with Crippen molar-refractivity contribution in [2.24, 2.45) is 0 Å². The Morgan fingerprint density at radius 3 is 2.62 bits per heavy atom. The van der Waals surface area contributed by atoms with Crippen LogP contribution in [-0.4, -0.2) is 25.7 Å². The second kappa shape index (κ2) is 6.38. The molecule has 0 unspecified atom stereocenters. The Morgan fingerprint density at radius 2 is 2.00 bits per heavy atom. The van der Waals surface area contributed by atoms with Crippen LogP contribution in [0, 0.1) is 13.8 Å². The Labute approximate surface area is 124 Å². The Morgan fingerprint density at radius 1 is 1.29 bits per heavy atom. The molecule has 1 heterocycles. The fraction of sp³-hybridized carbons (Fsp3) is 0.357. The van der Waals surface area contributed by atoms with Crippen LogP contribution < -0.4 is 4.72 Å². The average molecular weight is 309 g/mol. The van der Waals surface area contributed by atoms with Crippen LogP contribution in [0.25, 0.3) is 0 Å². The summed E-state index contributed by atoms with van der Waals surface area (Å²) in [6.45, 7) is 4.08. The highest BCUT2D eigenvalue weighted by Gasteiger charge is 2.21. The van der Waals surface area contributed by atoms with Crippen LogP contribution in [0.4, 0.5) is 0 Å². The number of aryl methyl sites for hydroxylation is 2. The van der Waals surface area contributed by atoms with Crippen LogP contribution in [0.2, 0.25) is 0 Å². The number of ether oxygens (including phenoxy) is 1. The van der Waals surface area contributed by atoms with Gasteiger partial charge >= 0.3 is 0 Å². The minimum atomic E-state index is -3.58. The van der Waals surface area contributed by atoms with Gasteiger partial charge in [0.05, 0.1) is 18.0 Å². The molecule has 0 saturated carbocycles. The van der Waals surface area contributed by atoms with Crippen LogP contribution in [0.1, 0.15) is 22.5 Å². The molecule has 0 spiro atoms. The van der Waals surface area contributed by atoms with E-state index in [1.54, 1.807) is 21.0 Å². The molecule has 7 heteroatoms. The summed E-state index contributed by atoms with van der Waals surface area (Å²) in [6.07, 6.45) is 0. The molecule has 0 bridgehead atoms. The molecule has 21 heavy (non-hydrogen) atoms. The molecule has 0 aliphatic rings. The molecule has 0 radical (unpaired) electrons. The van der Waals surface area contributed by atoms with Gasteiger partial charge in [0.15, 0.2) is 0 Å². The number of rotatable bonds is 6. The predicted octanol–water partition coefficient (Wildman–Crippen LogP) is 1.65. The van der Waals surface area contributed by atoms with Gasteiger partial charge in [0, 0.05) is 13.7 Å². The van der Waals surface area contributed by atoms with Crippen molar-refractivity contribution in [2.45, 2.75) is 31.9 Å². The van der Waals surface area contributed by atoms with Crippen molar-refractivity contribution in [3.63, 3.8) is 0 Å². The first-order valence-corrected chi connectivity index (χ1v) is 8.00. The molecule has 0 saturated heterocycles. The van der Waals surface area contributed by atoms with Crippen LogP contribution >= 0.6 is 0 Å². The number of benzene rings is 1. The lowest BCUT2D eigenvalue weighted by Gasteiger charge is -2.08. The molecule has 1 aromatic heterocycles. The molecule has 0 amide bonds. The minimum absolute atomic E-state index is 0.218. The van der Waals surface area contributed by atoms with E-state index in [9.17, 15) is 8.42 Å². The van der Waals surface area contributed by atoms with E-state index in [-0.39, 0.29) is 11.4 Å². The van der Waals surface area contributed by atoms with Crippen molar-refractivity contribution in [2.75, 3.05) is 7.11 Å². The molecule has 114 valence electrons. The number of aromatic amines is 1. The first-order valence-electron chi connectivity index (χ1n) is 6.52. The van der Waals surface area contributed by atoms with Gasteiger partial charge in [0.1, 0.15) is 4.90 Å². The molecule has 0 fully saturated rings. The van der Waals surface area contributed by atoms with Gasteiger partial charge in [-0.3, -0.25) is 5.10 Å². The quantitative estimate of drug-likeness (QED) is 0.850. The minimum Gasteiger partial charge on any atom is -0.380 e. The first kappa shape index (κ1) is 15.7. The highest BCUT2D eigenvalue weighted by molar-refractivity contribution is 7.89. The van der Waals surface area contributed by atoms with Gasteiger partial charge in [-0.15, -0.1) is 0 Å². The summed E-state index contributed by atoms with van der Waals surface area (Å²) >= 11 is 0. The van der Waals surface area contributed by atoms with Crippen molar-refractivity contribution < 1.29 is 13.2 Å². The first-order chi connectivity index (χ1) is 9.94. The maximum Gasteiger partial charge on any atom is 0.244 e. The summed E-state index contributed by atoms with van der Waals surface area (Å²) in [5, 5.41) is 6.60. The summed E-state index contributed by atoms with van der Waals surface area (Å²) < 4.78 is 32.3. The highest BCUT2D eigenvalue weighted by Crippen LogP contribution is 2.17. The maximum atomic E-state index is 12.3.